The molecule has 7 nitrogen and oxygen atoms in total. The molecule has 2 N–H and O–H groups in total. The predicted molar refractivity (Wildman–Crippen MR) is 107 cm³/mol. The van der Waals surface area contributed by atoms with Gasteiger partial charge >= 0.3 is 0 Å². The summed E-state index contributed by atoms with van der Waals surface area (Å²) in [6.07, 6.45) is 1.67. The zero-order valence-electron chi connectivity index (χ0n) is 15.8. The molecule has 2 amide bonds. The van der Waals surface area contributed by atoms with Gasteiger partial charge in [0.15, 0.2) is 0 Å². The molecule has 1 aromatic heterocycles. The molecule has 0 aliphatic heterocycles. The van der Waals surface area contributed by atoms with Crippen LogP contribution in [0.4, 0.5) is 0 Å². The first kappa shape index (κ1) is 19.2. The standard InChI is InChI=1S/C21H22N4O3/c1-3-22-19(26)13-23-21(27)18-14-25(16-7-5-4-6-8-16)24-20(18)15-9-11-17(28-2)12-10-15/h4-12,14H,3,13H2,1-2H3,(H,22,26)(H,23,27). The van der Waals surface area contributed by atoms with Gasteiger partial charge in [-0.2, -0.15) is 5.10 Å². The molecule has 0 spiro atoms. The molecular weight excluding hydrogens is 356 g/mol. The quantitative estimate of drug-likeness (QED) is 0.661. The normalized spacial score (nSPS) is 10.4. The van der Waals surface area contributed by atoms with Crippen molar-refractivity contribution in [3.8, 4) is 22.7 Å². The van der Waals surface area contributed by atoms with E-state index in [1.165, 1.54) is 0 Å². The number of benzene rings is 2. The van der Waals surface area contributed by atoms with Crippen molar-refractivity contribution in [3.63, 3.8) is 0 Å². The number of para-hydroxylation sites is 1. The number of hydrogen-bond donors (Lipinski definition) is 2. The first-order valence-electron chi connectivity index (χ1n) is 8.96. The lowest BCUT2D eigenvalue weighted by atomic mass is 10.1. The summed E-state index contributed by atoms with van der Waals surface area (Å²) < 4.78 is 6.85. The zero-order chi connectivity index (χ0) is 19.9. The molecule has 28 heavy (non-hydrogen) atoms. The van der Waals surface area contributed by atoms with Gasteiger partial charge in [0.05, 0.1) is 24.9 Å². The Morgan fingerprint density at radius 2 is 1.75 bits per heavy atom. The van der Waals surface area contributed by atoms with Crippen molar-refractivity contribution < 1.29 is 14.3 Å². The maximum atomic E-state index is 12.7. The second-order valence-corrected chi connectivity index (χ2v) is 6.04. The molecule has 0 radical (unpaired) electrons. The highest BCUT2D eigenvalue weighted by Crippen LogP contribution is 2.25. The number of aromatic nitrogens is 2. The summed E-state index contributed by atoms with van der Waals surface area (Å²) in [6.45, 7) is 2.24. The summed E-state index contributed by atoms with van der Waals surface area (Å²) in [6, 6.07) is 16.8. The zero-order valence-corrected chi connectivity index (χ0v) is 15.8. The molecule has 3 rings (SSSR count). The molecule has 0 saturated heterocycles. The number of amides is 2. The number of methoxy groups -OCH3 is 1. The number of hydrogen-bond acceptors (Lipinski definition) is 4. The van der Waals surface area contributed by atoms with Crippen LogP contribution in [0.25, 0.3) is 16.9 Å². The minimum Gasteiger partial charge on any atom is -0.497 e. The van der Waals surface area contributed by atoms with Crippen LogP contribution in [0.3, 0.4) is 0 Å². The summed E-state index contributed by atoms with van der Waals surface area (Å²) in [4.78, 5) is 24.4. The second-order valence-electron chi connectivity index (χ2n) is 6.04. The first-order chi connectivity index (χ1) is 13.6. The van der Waals surface area contributed by atoms with E-state index in [0.717, 1.165) is 11.3 Å². The summed E-state index contributed by atoms with van der Waals surface area (Å²) in [5, 5.41) is 9.91. The SMILES string of the molecule is CCNC(=O)CNC(=O)c1cn(-c2ccccc2)nc1-c1ccc(OC)cc1. The molecule has 7 heteroatoms. The highest BCUT2D eigenvalue weighted by Gasteiger charge is 2.19. The van der Waals surface area contributed by atoms with E-state index in [1.54, 1.807) is 18.0 Å². The van der Waals surface area contributed by atoms with Gasteiger partial charge in [-0.25, -0.2) is 4.68 Å². The molecule has 0 bridgehead atoms. The fourth-order valence-electron chi connectivity index (χ4n) is 2.73. The van der Waals surface area contributed by atoms with Crippen LogP contribution in [0.2, 0.25) is 0 Å². The monoisotopic (exact) mass is 378 g/mol. The minimum atomic E-state index is -0.362. The average Bonchev–Trinajstić information content (AvgIpc) is 3.18. The lowest BCUT2D eigenvalue weighted by Crippen LogP contribution is -2.36. The Morgan fingerprint density at radius 1 is 1.04 bits per heavy atom. The van der Waals surface area contributed by atoms with Crippen molar-refractivity contribution in [3.05, 3.63) is 66.4 Å². The second kappa shape index (κ2) is 8.85. The summed E-state index contributed by atoms with van der Waals surface area (Å²) in [7, 11) is 1.60. The van der Waals surface area contributed by atoms with E-state index >= 15 is 0 Å². The third-order valence-corrected chi connectivity index (χ3v) is 4.13. The molecule has 0 atom stereocenters. The molecule has 0 saturated carbocycles. The van der Waals surface area contributed by atoms with Crippen LogP contribution < -0.4 is 15.4 Å². The third kappa shape index (κ3) is 4.37. The van der Waals surface area contributed by atoms with Crippen LogP contribution in [0.5, 0.6) is 5.75 Å². The van der Waals surface area contributed by atoms with Crippen LogP contribution in [-0.4, -0.2) is 41.8 Å². The van der Waals surface area contributed by atoms with Gasteiger partial charge < -0.3 is 15.4 Å². The van der Waals surface area contributed by atoms with Crippen LogP contribution >= 0.6 is 0 Å². The van der Waals surface area contributed by atoms with E-state index in [0.29, 0.717) is 23.6 Å². The largest absolute Gasteiger partial charge is 0.497 e. The van der Waals surface area contributed by atoms with Crippen molar-refractivity contribution in [1.82, 2.24) is 20.4 Å². The molecule has 144 valence electrons. The molecular formula is C21H22N4O3. The summed E-state index contributed by atoms with van der Waals surface area (Å²) in [5.74, 6) is 0.116. The third-order valence-electron chi connectivity index (χ3n) is 4.13. The maximum absolute atomic E-state index is 12.7. The van der Waals surface area contributed by atoms with Crippen LogP contribution in [-0.2, 0) is 4.79 Å². The molecule has 2 aromatic carbocycles. The Bertz CT molecular complexity index is 950. The van der Waals surface area contributed by atoms with Gasteiger partial charge in [0.25, 0.3) is 5.91 Å². The van der Waals surface area contributed by atoms with Crippen molar-refractivity contribution in [2.45, 2.75) is 6.92 Å². The number of ether oxygens (including phenoxy) is 1. The van der Waals surface area contributed by atoms with Crippen LogP contribution in [0.1, 0.15) is 17.3 Å². The molecule has 1 heterocycles. The van der Waals surface area contributed by atoms with E-state index < -0.39 is 0 Å². The van der Waals surface area contributed by atoms with Gasteiger partial charge in [-0.15, -0.1) is 0 Å². The van der Waals surface area contributed by atoms with Gasteiger partial charge in [0, 0.05) is 18.3 Å². The van der Waals surface area contributed by atoms with Crippen molar-refractivity contribution in [2.75, 3.05) is 20.2 Å². The molecule has 0 fully saturated rings. The maximum Gasteiger partial charge on any atom is 0.255 e. The Hall–Kier alpha value is -3.61. The Morgan fingerprint density at radius 3 is 2.39 bits per heavy atom. The summed E-state index contributed by atoms with van der Waals surface area (Å²) in [5.41, 5.74) is 2.52. The number of rotatable bonds is 7. The predicted octanol–water partition coefficient (Wildman–Crippen LogP) is 2.41. The molecule has 0 aliphatic rings. The Balaban J connectivity index is 1.95. The number of carbonyl (C=O) groups is 2. The average molecular weight is 378 g/mol. The van der Waals surface area contributed by atoms with Crippen LogP contribution in [0.15, 0.2) is 60.8 Å². The number of likely N-dealkylation sites (N-methyl/N-ethyl adjacent to an activating group) is 1. The highest BCUT2D eigenvalue weighted by atomic mass is 16.5. The Labute approximate surface area is 163 Å². The van der Waals surface area contributed by atoms with Gasteiger partial charge in [0.2, 0.25) is 5.91 Å². The number of nitrogens with zero attached hydrogens (tertiary/aromatic N) is 2. The Kier molecular flexibility index (Phi) is 6.06. The van der Waals surface area contributed by atoms with E-state index in [9.17, 15) is 9.59 Å². The van der Waals surface area contributed by atoms with E-state index in [1.807, 2.05) is 61.5 Å². The van der Waals surface area contributed by atoms with Gasteiger partial charge in [-0.3, -0.25) is 9.59 Å². The van der Waals surface area contributed by atoms with Crippen LogP contribution in [0, 0.1) is 0 Å². The van der Waals surface area contributed by atoms with Crippen molar-refractivity contribution in [1.29, 1.82) is 0 Å². The fourth-order valence-corrected chi connectivity index (χ4v) is 2.73. The van der Waals surface area contributed by atoms with Crippen molar-refractivity contribution >= 4 is 11.8 Å². The van der Waals surface area contributed by atoms with Crippen molar-refractivity contribution in [2.24, 2.45) is 0 Å². The van der Waals surface area contributed by atoms with E-state index in [2.05, 4.69) is 15.7 Å². The topological polar surface area (TPSA) is 85.3 Å². The number of carbonyl (C=O) groups excluding carboxylic acids is 2. The molecule has 3 aromatic rings. The lowest BCUT2D eigenvalue weighted by molar-refractivity contribution is -0.120. The molecule has 0 unspecified atom stereocenters. The van der Waals surface area contributed by atoms with Gasteiger partial charge in [-0.1, -0.05) is 18.2 Å². The molecule has 0 aliphatic carbocycles. The summed E-state index contributed by atoms with van der Waals surface area (Å²) >= 11 is 0. The van der Waals surface area contributed by atoms with E-state index in [-0.39, 0.29) is 18.4 Å². The van der Waals surface area contributed by atoms with E-state index in [4.69, 9.17) is 4.74 Å². The smallest absolute Gasteiger partial charge is 0.255 e. The lowest BCUT2D eigenvalue weighted by Gasteiger charge is -2.06. The van der Waals surface area contributed by atoms with Gasteiger partial charge in [-0.05, 0) is 43.3 Å². The number of nitrogens with one attached hydrogen (secondary N) is 2. The first-order valence-corrected chi connectivity index (χ1v) is 8.96. The highest BCUT2D eigenvalue weighted by molar-refractivity contribution is 6.01. The van der Waals surface area contributed by atoms with Gasteiger partial charge in [0.1, 0.15) is 11.4 Å². The fraction of sp³-hybridized carbons (Fsp3) is 0.190. The minimum absolute atomic E-state index is 0.0920.